The lowest BCUT2D eigenvalue weighted by molar-refractivity contribution is -0.129. The number of nitrogens with one attached hydrogen (secondary N) is 2. The van der Waals surface area contributed by atoms with Gasteiger partial charge in [-0.2, -0.15) is 0 Å². The van der Waals surface area contributed by atoms with Gasteiger partial charge >= 0.3 is 0 Å². The highest BCUT2D eigenvalue weighted by Crippen LogP contribution is 2.38. The Labute approximate surface area is 170 Å². The maximum Gasteiger partial charge on any atom is 0.223 e. The number of rotatable bonds is 7. The van der Waals surface area contributed by atoms with Crippen LogP contribution >= 0.6 is 0 Å². The predicted molar refractivity (Wildman–Crippen MR) is 114 cm³/mol. The number of fused-ring (bicyclic) bond motifs is 1. The molecule has 0 aliphatic heterocycles. The number of nitrogens with zero attached hydrogens (tertiary/aromatic N) is 1. The van der Waals surface area contributed by atoms with Crippen molar-refractivity contribution in [1.29, 1.82) is 0 Å². The molecular formula is C24H27N3O2. The molecule has 2 heterocycles. The molecule has 3 atom stereocenters. The number of H-pyrrole nitrogens is 1. The van der Waals surface area contributed by atoms with Crippen LogP contribution in [0, 0.1) is 5.92 Å². The summed E-state index contributed by atoms with van der Waals surface area (Å²) in [6, 6.07) is 13.9. The molecule has 1 aliphatic carbocycles. The lowest BCUT2D eigenvalue weighted by atomic mass is 9.96. The number of aromatic nitrogens is 2. The van der Waals surface area contributed by atoms with Crippen LogP contribution in [0.5, 0.6) is 0 Å². The first-order valence-electron chi connectivity index (χ1n) is 10.4. The molecule has 4 rings (SSSR count). The van der Waals surface area contributed by atoms with Gasteiger partial charge in [0.05, 0.1) is 6.04 Å². The van der Waals surface area contributed by atoms with Gasteiger partial charge in [-0.25, -0.2) is 0 Å². The molecule has 1 aliphatic rings. The minimum Gasteiger partial charge on any atom is -0.358 e. The fraction of sp³-hybridized carbons (Fsp3) is 0.375. The number of ketones is 1. The van der Waals surface area contributed by atoms with Crippen LogP contribution < -0.4 is 5.32 Å². The highest BCUT2D eigenvalue weighted by atomic mass is 16.2. The molecule has 5 nitrogen and oxygen atoms in total. The molecule has 0 radical (unpaired) electrons. The molecule has 0 saturated heterocycles. The molecular weight excluding hydrogens is 362 g/mol. The van der Waals surface area contributed by atoms with Crippen LogP contribution in [0.3, 0.4) is 0 Å². The molecule has 150 valence electrons. The Balaban J connectivity index is 1.26. The first-order chi connectivity index (χ1) is 14.1. The van der Waals surface area contributed by atoms with Crippen LogP contribution in [0.25, 0.3) is 10.9 Å². The van der Waals surface area contributed by atoms with Gasteiger partial charge in [-0.05, 0) is 56.2 Å². The van der Waals surface area contributed by atoms with E-state index in [0.29, 0.717) is 18.8 Å². The standard InChI is InChI=1S/C24H27N3O2/c1-16(23(28)10-9-21-14-20-15-25-12-11-22(20)27-21)26-24(29)19-8-7-18(13-19)17-5-3-2-4-6-17/h2-6,11-12,14-16,18-19,27H,7-10,13H2,1H3,(H,26,29)/t16-,18+,19+/m0/s1. The maximum absolute atomic E-state index is 12.7. The van der Waals surface area contributed by atoms with Crippen molar-refractivity contribution in [3.8, 4) is 0 Å². The van der Waals surface area contributed by atoms with Gasteiger partial charge in [-0.15, -0.1) is 0 Å². The summed E-state index contributed by atoms with van der Waals surface area (Å²) < 4.78 is 0. The Morgan fingerprint density at radius 3 is 2.83 bits per heavy atom. The number of amides is 1. The lowest BCUT2D eigenvalue weighted by Gasteiger charge is -2.16. The fourth-order valence-corrected chi connectivity index (χ4v) is 4.30. The van der Waals surface area contributed by atoms with E-state index in [1.165, 1.54) is 5.56 Å². The zero-order valence-corrected chi connectivity index (χ0v) is 16.7. The van der Waals surface area contributed by atoms with Crippen LogP contribution in [0.4, 0.5) is 0 Å². The van der Waals surface area contributed by atoms with Crippen molar-refractivity contribution >= 4 is 22.6 Å². The molecule has 2 aromatic heterocycles. The second kappa shape index (κ2) is 8.60. The molecule has 0 spiro atoms. The van der Waals surface area contributed by atoms with Crippen molar-refractivity contribution in [2.75, 3.05) is 0 Å². The Hall–Kier alpha value is -2.95. The molecule has 5 heteroatoms. The van der Waals surface area contributed by atoms with Crippen molar-refractivity contribution < 1.29 is 9.59 Å². The van der Waals surface area contributed by atoms with Crippen molar-refractivity contribution in [2.45, 2.75) is 51.0 Å². The van der Waals surface area contributed by atoms with Crippen molar-refractivity contribution in [3.05, 3.63) is 66.1 Å². The Bertz CT molecular complexity index is 963. The molecule has 0 unspecified atom stereocenters. The smallest absolute Gasteiger partial charge is 0.223 e. The van der Waals surface area contributed by atoms with Gasteiger partial charge in [0.2, 0.25) is 5.91 Å². The summed E-state index contributed by atoms with van der Waals surface area (Å²) in [4.78, 5) is 32.6. The van der Waals surface area contributed by atoms with E-state index in [1.807, 2.05) is 36.5 Å². The summed E-state index contributed by atoms with van der Waals surface area (Å²) in [5, 5.41) is 3.99. The van der Waals surface area contributed by atoms with Gasteiger partial charge in [0.1, 0.15) is 0 Å². The largest absolute Gasteiger partial charge is 0.358 e. The number of Topliss-reactive ketones (excluding diaryl/α,β-unsaturated/α-hetero) is 1. The molecule has 1 saturated carbocycles. The van der Waals surface area contributed by atoms with E-state index in [2.05, 4.69) is 27.4 Å². The molecule has 1 fully saturated rings. The predicted octanol–water partition coefficient (Wildman–Crippen LogP) is 4.15. The van der Waals surface area contributed by atoms with Crippen LogP contribution in [0.2, 0.25) is 0 Å². The second-order valence-electron chi connectivity index (χ2n) is 8.07. The van der Waals surface area contributed by atoms with E-state index < -0.39 is 6.04 Å². The first kappa shape index (κ1) is 19.4. The van der Waals surface area contributed by atoms with Gasteiger partial charge in [-0.1, -0.05) is 30.3 Å². The number of carbonyl (C=O) groups excluding carboxylic acids is 2. The van der Waals surface area contributed by atoms with Crippen molar-refractivity contribution in [1.82, 2.24) is 15.3 Å². The zero-order valence-electron chi connectivity index (χ0n) is 16.7. The van der Waals surface area contributed by atoms with Gasteiger partial charge in [0, 0.05) is 41.3 Å². The van der Waals surface area contributed by atoms with E-state index in [-0.39, 0.29) is 17.6 Å². The number of carbonyl (C=O) groups is 2. The summed E-state index contributed by atoms with van der Waals surface area (Å²) >= 11 is 0. The zero-order chi connectivity index (χ0) is 20.2. The van der Waals surface area contributed by atoms with Crippen LogP contribution in [0.1, 0.15) is 49.8 Å². The highest BCUT2D eigenvalue weighted by Gasteiger charge is 2.31. The number of hydrogen-bond acceptors (Lipinski definition) is 3. The number of aromatic amines is 1. The minimum atomic E-state index is -0.454. The van der Waals surface area contributed by atoms with Crippen LogP contribution in [0.15, 0.2) is 54.9 Å². The van der Waals surface area contributed by atoms with Crippen molar-refractivity contribution in [2.24, 2.45) is 5.92 Å². The summed E-state index contributed by atoms with van der Waals surface area (Å²) in [6.07, 6.45) is 7.36. The molecule has 1 aromatic carbocycles. The maximum atomic E-state index is 12.7. The molecule has 3 aromatic rings. The van der Waals surface area contributed by atoms with Gasteiger partial charge in [0.15, 0.2) is 5.78 Å². The van der Waals surface area contributed by atoms with E-state index in [9.17, 15) is 9.59 Å². The molecule has 1 amide bonds. The first-order valence-corrected chi connectivity index (χ1v) is 10.4. The van der Waals surface area contributed by atoms with Gasteiger partial charge in [0.25, 0.3) is 0 Å². The topological polar surface area (TPSA) is 74.8 Å². The molecule has 2 N–H and O–H groups in total. The number of hydrogen-bond donors (Lipinski definition) is 2. The SMILES string of the molecule is C[C@H](NC(=O)[C@@H]1CC[C@@H](c2ccccc2)C1)C(=O)CCc1cc2cnccc2[nH]1. The third-order valence-electron chi connectivity index (χ3n) is 6.03. The monoisotopic (exact) mass is 389 g/mol. The number of pyridine rings is 1. The third kappa shape index (κ3) is 4.56. The summed E-state index contributed by atoms with van der Waals surface area (Å²) in [5.41, 5.74) is 3.35. The Kier molecular flexibility index (Phi) is 5.74. The summed E-state index contributed by atoms with van der Waals surface area (Å²) in [6.45, 7) is 1.79. The van der Waals surface area contributed by atoms with E-state index in [4.69, 9.17) is 0 Å². The third-order valence-corrected chi connectivity index (χ3v) is 6.03. The van der Waals surface area contributed by atoms with E-state index >= 15 is 0 Å². The molecule has 29 heavy (non-hydrogen) atoms. The van der Waals surface area contributed by atoms with Crippen molar-refractivity contribution in [3.63, 3.8) is 0 Å². The van der Waals surface area contributed by atoms with E-state index in [0.717, 1.165) is 35.9 Å². The summed E-state index contributed by atoms with van der Waals surface area (Å²) in [7, 11) is 0. The average Bonchev–Trinajstić information content (AvgIpc) is 3.39. The fourth-order valence-electron chi connectivity index (χ4n) is 4.30. The Morgan fingerprint density at radius 2 is 2.03 bits per heavy atom. The number of aryl methyl sites for hydroxylation is 1. The number of benzene rings is 1. The van der Waals surface area contributed by atoms with Crippen LogP contribution in [-0.2, 0) is 16.0 Å². The normalized spacial score (nSPS) is 19.9. The Morgan fingerprint density at radius 1 is 1.21 bits per heavy atom. The molecule has 0 bridgehead atoms. The van der Waals surface area contributed by atoms with Gasteiger partial charge in [-0.3, -0.25) is 14.6 Å². The van der Waals surface area contributed by atoms with Crippen LogP contribution in [-0.4, -0.2) is 27.7 Å². The summed E-state index contributed by atoms with van der Waals surface area (Å²) in [5.74, 6) is 0.514. The minimum absolute atomic E-state index is 0.00309. The average molecular weight is 389 g/mol. The van der Waals surface area contributed by atoms with E-state index in [1.54, 1.807) is 13.1 Å². The lowest BCUT2D eigenvalue weighted by Crippen LogP contribution is -2.41. The quantitative estimate of drug-likeness (QED) is 0.637. The highest BCUT2D eigenvalue weighted by molar-refractivity contribution is 5.89. The second-order valence-corrected chi connectivity index (χ2v) is 8.07. The van der Waals surface area contributed by atoms with Gasteiger partial charge < -0.3 is 10.3 Å².